The maximum Gasteiger partial charge on any atom is 0.0471 e. The fourth-order valence-corrected chi connectivity index (χ4v) is 2.60. The van der Waals surface area contributed by atoms with Crippen molar-refractivity contribution in [2.24, 2.45) is 5.92 Å². The molecule has 1 saturated heterocycles. The molecule has 0 aromatic heterocycles. The van der Waals surface area contributed by atoms with E-state index in [1.54, 1.807) is 11.8 Å². The number of thioether (sulfide) groups is 1. The van der Waals surface area contributed by atoms with E-state index in [1.165, 1.54) is 10.5 Å². The van der Waals surface area contributed by atoms with Gasteiger partial charge in [-0.15, -0.1) is 11.8 Å². The van der Waals surface area contributed by atoms with E-state index < -0.39 is 0 Å². The van der Waals surface area contributed by atoms with Gasteiger partial charge >= 0.3 is 0 Å². The molecule has 1 heterocycles. The molecule has 0 spiro atoms. The van der Waals surface area contributed by atoms with Crippen LogP contribution in [0.1, 0.15) is 12.0 Å². The van der Waals surface area contributed by atoms with Crippen molar-refractivity contribution in [3.05, 3.63) is 29.8 Å². The predicted octanol–water partition coefficient (Wildman–Crippen LogP) is 2.22. The van der Waals surface area contributed by atoms with Gasteiger partial charge in [0.2, 0.25) is 0 Å². The number of rotatable bonds is 4. The molecule has 3 heteroatoms. The van der Waals surface area contributed by atoms with Crippen LogP contribution in [-0.2, 0) is 6.54 Å². The summed E-state index contributed by atoms with van der Waals surface area (Å²) in [5.41, 5.74) is 1.37. The first kappa shape index (κ1) is 12.0. The third kappa shape index (κ3) is 3.00. The van der Waals surface area contributed by atoms with Gasteiger partial charge in [0.1, 0.15) is 0 Å². The summed E-state index contributed by atoms with van der Waals surface area (Å²) in [5.74, 6) is 0.491. The van der Waals surface area contributed by atoms with Crippen LogP contribution in [0.3, 0.4) is 0 Å². The third-order valence-electron chi connectivity index (χ3n) is 3.19. The van der Waals surface area contributed by atoms with Gasteiger partial charge in [0, 0.05) is 24.6 Å². The smallest absolute Gasteiger partial charge is 0.0471 e. The quantitative estimate of drug-likeness (QED) is 0.812. The number of aliphatic hydroxyl groups excluding tert-OH is 1. The lowest BCUT2D eigenvalue weighted by atomic mass is 10.1. The van der Waals surface area contributed by atoms with Crippen LogP contribution >= 0.6 is 11.8 Å². The van der Waals surface area contributed by atoms with Crippen LogP contribution in [0.2, 0.25) is 0 Å². The molecule has 1 aromatic rings. The van der Waals surface area contributed by atoms with Crippen LogP contribution in [0, 0.1) is 5.92 Å². The number of hydrogen-bond donors (Lipinski definition) is 1. The molecule has 2 nitrogen and oxygen atoms in total. The van der Waals surface area contributed by atoms with E-state index >= 15 is 0 Å². The molecule has 1 unspecified atom stereocenters. The van der Waals surface area contributed by atoms with Crippen LogP contribution in [0.5, 0.6) is 0 Å². The Morgan fingerprint density at radius 3 is 2.69 bits per heavy atom. The zero-order valence-electron chi connectivity index (χ0n) is 9.72. The predicted molar refractivity (Wildman–Crippen MR) is 68.7 cm³/mol. The van der Waals surface area contributed by atoms with Gasteiger partial charge in [-0.05, 0) is 42.8 Å². The van der Waals surface area contributed by atoms with Crippen molar-refractivity contribution < 1.29 is 5.11 Å². The minimum atomic E-state index is 0.335. The fourth-order valence-electron chi connectivity index (χ4n) is 2.19. The minimum absolute atomic E-state index is 0.335. The van der Waals surface area contributed by atoms with E-state index in [9.17, 15) is 0 Å². The van der Waals surface area contributed by atoms with E-state index in [0.29, 0.717) is 12.5 Å². The van der Waals surface area contributed by atoms with Gasteiger partial charge in [0.15, 0.2) is 0 Å². The third-order valence-corrected chi connectivity index (χ3v) is 3.94. The summed E-state index contributed by atoms with van der Waals surface area (Å²) < 4.78 is 0. The summed E-state index contributed by atoms with van der Waals surface area (Å²) in [6.45, 7) is 3.52. The molecule has 0 saturated carbocycles. The highest BCUT2D eigenvalue weighted by atomic mass is 32.2. The van der Waals surface area contributed by atoms with Crippen molar-refractivity contribution in [1.82, 2.24) is 4.90 Å². The topological polar surface area (TPSA) is 23.5 Å². The average Bonchev–Trinajstić information content (AvgIpc) is 2.78. The van der Waals surface area contributed by atoms with Gasteiger partial charge in [-0.25, -0.2) is 0 Å². The second kappa shape index (κ2) is 5.71. The lowest BCUT2D eigenvalue weighted by molar-refractivity contribution is 0.220. The molecule has 1 aliphatic heterocycles. The molecule has 1 fully saturated rings. The Bertz CT molecular complexity index is 325. The first-order valence-electron chi connectivity index (χ1n) is 5.78. The zero-order valence-corrected chi connectivity index (χ0v) is 10.5. The molecule has 88 valence electrons. The number of nitrogens with zero attached hydrogens (tertiary/aromatic N) is 1. The van der Waals surface area contributed by atoms with E-state index in [2.05, 4.69) is 35.4 Å². The number of likely N-dealkylation sites (tertiary alicyclic amines) is 1. The summed E-state index contributed by atoms with van der Waals surface area (Å²) in [4.78, 5) is 3.74. The van der Waals surface area contributed by atoms with E-state index in [1.807, 2.05) is 0 Å². The Kier molecular flexibility index (Phi) is 4.27. The van der Waals surface area contributed by atoms with Crippen molar-refractivity contribution in [2.45, 2.75) is 17.9 Å². The van der Waals surface area contributed by atoms with Crippen molar-refractivity contribution in [2.75, 3.05) is 26.0 Å². The standard InChI is InChI=1S/C13H19NOS/c1-16-13-4-2-11(3-5-13)8-14-7-6-12(9-14)10-15/h2-5,12,15H,6-10H2,1H3. The lowest BCUT2D eigenvalue weighted by Crippen LogP contribution is -2.20. The second-order valence-corrected chi connectivity index (χ2v) is 5.30. The number of aliphatic hydroxyl groups is 1. The molecule has 1 aliphatic rings. The number of hydrogen-bond acceptors (Lipinski definition) is 3. The molecule has 2 rings (SSSR count). The summed E-state index contributed by atoms with van der Waals surface area (Å²) >= 11 is 1.78. The molecule has 0 radical (unpaired) electrons. The van der Waals surface area contributed by atoms with Crippen molar-refractivity contribution in [1.29, 1.82) is 0 Å². The molecule has 0 amide bonds. The SMILES string of the molecule is CSc1ccc(CN2CCC(CO)C2)cc1. The van der Waals surface area contributed by atoms with Crippen molar-refractivity contribution in [3.63, 3.8) is 0 Å². The van der Waals surface area contributed by atoms with Crippen molar-refractivity contribution in [3.8, 4) is 0 Å². The van der Waals surface area contributed by atoms with Gasteiger partial charge in [-0.3, -0.25) is 4.90 Å². The van der Waals surface area contributed by atoms with Gasteiger partial charge < -0.3 is 5.11 Å². The largest absolute Gasteiger partial charge is 0.396 e. The van der Waals surface area contributed by atoms with Crippen LogP contribution < -0.4 is 0 Å². The summed E-state index contributed by atoms with van der Waals surface area (Å²) in [6.07, 6.45) is 3.24. The highest BCUT2D eigenvalue weighted by molar-refractivity contribution is 7.98. The number of benzene rings is 1. The Morgan fingerprint density at radius 1 is 1.38 bits per heavy atom. The average molecular weight is 237 g/mol. The first-order valence-corrected chi connectivity index (χ1v) is 7.00. The highest BCUT2D eigenvalue weighted by Gasteiger charge is 2.21. The van der Waals surface area contributed by atoms with Crippen LogP contribution in [0.25, 0.3) is 0 Å². The molecule has 16 heavy (non-hydrogen) atoms. The molecular formula is C13H19NOS. The maximum atomic E-state index is 9.09. The monoisotopic (exact) mass is 237 g/mol. The van der Waals surface area contributed by atoms with Gasteiger partial charge in [-0.2, -0.15) is 0 Å². The van der Waals surface area contributed by atoms with Gasteiger partial charge in [0.05, 0.1) is 0 Å². The zero-order chi connectivity index (χ0) is 11.4. The maximum absolute atomic E-state index is 9.09. The summed E-state index contributed by atoms with van der Waals surface area (Å²) in [6, 6.07) is 8.77. The molecule has 0 bridgehead atoms. The lowest BCUT2D eigenvalue weighted by Gasteiger charge is -2.15. The second-order valence-electron chi connectivity index (χ2n) is 4.42. The highest BCUT2D eigenvalue weighted by Crippen LogP contribution is 2.20. The van der Waals surface area contributed by atoms with E-state index in [-0.39, 0.29) is 0 Å². The summed E-state index contributed by atoms with van der Waals surface area (Å²) in [7, 11) is 0. The van der Waals surface area contributed by atoms with Gasteiger partial charge in [-0.1, -0.05) is 12.1 Å². The van der Waals surface area contributed by atoms with E-state index in [0.717, 1.165) is 26.1 Å². The van der Waals surface area contributed by atoms with Crippen molar-refractivity contribution >= 4 is 11.8 Å². The molecule has 1 atom stereocenters. The Labute approximate surface area is 102 Å². The van der Waals surface area contributed by atoms with Gasteiger partial charge in [0.25, 0.3) is 0 Å². The summed E-state index contributed by atoms with van der Waals surface area (Å²) in [5, 5.41) is 9.09. The van der Waals surface area contributed by atoms with Crippen LogP contribution in [-0.4, -0.2) is 36.0 Å². The molecule has 1 N–H and O–H groups in total. The molecule has 0 aliphatic carbocycles. The Balaban J connectivity index is 1.89. The normalized spacial score (nSPS) is 21.5. The van der Waals surface area contributed by atoms with E-state index in [4.69, 9.17) is 5.11 Å². The Hall–Kier alpha value is -0.510. The molecule has 1 aromatic carbocycles. The molecular weight excluding hydrogens is 218 g/mol. The first-order chi connectivity index (χ1) is 7.81. The van der Waals surface area contributed by atoms with Crippen LogP contribution in [0.15, 0.2) is 29.2 Å². The van der Waals surface area contributed by atoms with Crippen LogP contribution in [0.4, 0.5) is 0 Å². The minimum Gasteiger partial charge on any atom is -0.396 e. The Morgan fingerprint density at radius 2 is 2.12 bits per heavy atom. The fraction of sp³-hybridized carbons (Fsp3) is 0.538.